The largest absolute Gasteiger partial charge is 0.494 e. The third kappa shape index (κ3) is 3.49. The van der Waals surface area contributed by atoms with E-state index in [-0.39, 0.29) is 5.82 Å². The highest BCUT2D eigenvalue weighted by Crippen LogP contribution is 2.24. The van der Waals surface area contributed by atoms with Crippen LogP contribution in [0.3, 0.4) is 0 Å². The van der Waals surface area contributed by atoms with E-state index < -0.39 is 0 Å². The second kappa shape index (κ2) is 6.48. The Morgan fingerprint density at radius 1 is 1.44 bits per heavy atom. The molecule has 0 aliphatic heterocycles. The molecule has 16 heavy (non-hydrogen) atoms. The maximum Gasteiger partial charge on any atom is 0.165 e. The Bertz CT molecular complexity index is 328. The second-order valence-electron chi connectivity index (χ2n) is 3.94. The van der Waals surface area contributed by atoms with Crippen molar-refractivity contribution in [1.29, 1.82) is 0 Å². The first-order valence-corrected chi connectivity index (χ1v) is 5.73. The first-order valence-electron chi connectivity index (χ1n) is 5.73. The molecule has 90 valence electrons. The van der Waals surface area contributed by atoms with Crippen LogP contribution in [0.5, 0.6) is 5.75 Å². The molecular formula is C13H20FNO. The van der Waals surface area contributed by atoms with Crippen LogP contribution in [0.2, 0.25) is 0 Å². The molecule has 0 fully saturated rings. The van der Waals surface area contributed by atoms with Crippen LogP contribution < -0.4 is 10.1 Å². The van der Waals surface area contributed by atoms with E-state index in [9.17, 15) is 4.39 Å². The minimum absolute atomic E-state index is 0.282. The molecular weight excluding hydrogens is 205 g/mol. The fraction of sp³-hybridized carbons (Fsp3) is 0.538. The summed E-state index contributed by atoms with van der Waals surface area (Å²) < 4.78 is 18.3. The lowest BCUT2D eigenvalue weighted by Crippen LogP contribution is -2.16. The number of hydrogen-bond acceptors (Lipinski definition) is 2. The number of ether oxygens (including phenoxy) is 1. The zero-order valence-electron chi connectivity index (χ0n) is 10.2. The number of methoxy groups -OCH3 is 1. The van der Waals surface area contributed by atoms with Gasteiger partial charge in [-0.2, -0.15) is 0 Å². The third-order valence-corrected chi connectivity index (χ3v) is 2.75. The molecule has 0 saturated heterocycles. The molecule has 0 aliphatic carbocycles. The maximum atomic E-state index is 13.5. The molecule has 0 spiro atoms. The molecule has 2 nitrogen and oxygen atoms in total. The van der Waals surface area contributed by atoms with Crippen molar-refractivity contribution in [3.63, 3.8) is 0 Å². The van der Waals surface area contributed by atoms with E-state index in [1.54, 1.807) is 12.1 Å². The standard InChI is InChI=1S/C13H20FNO/c1-4-15-8-7-10(2)11-5-6-13(16-3)12(14)9-11/h5-6,9-10,15H,4,7-8H2,1-3H3. The number of nitrogens with one attached hydrogen (secondary N) is 1. The van der Waals surface area contributed by atoms with Gasteiger partial charge in [0.2, 0.25) is 0 Å². The molecule has 0 heterocycles. The van der Waals surface area contributed by atoms with E-state index in [0.717, 1.165) is 25.1 Å². The fourth-order valence-electron chi connectivity index (χ4n) is 1.65. The predicted molar refractivity (Wildman–Crippen MR) is 64.5 cm³/mol. The van der Waals surface area contributed by atoms with Gasteiger partial charge in [0.15, 0.2) is 11.6 Å². The van der Waals surface area contributed by atoms with Crippen LogP contribution in [0.15, 0.2) is 18.2 Å². The Kier molecular flexibility index (Phi) is 5.26. The molecule has 1 atom stereocenters. The Balaban J connectivity index is 2.62. The summed E-state index contributed by atoms with van der Waals surface area (Å²) in [5.74, 6) is 0.386. The average molecular weight is 225 g/mol. The molecule has 1 unspecified atom stereocenters. The molecule has 0 aromatic heterocycles. The van der Waals surface area contributed by atoms with Gasteiger partial charge in [0.1, 0.15) is 0 Å². The summed E-state index contributed by atoms with van der Waals surface area (Å²) in [4.78, 5) is 0. The van der Waals surface area contributed by atoms with Crippen LogP contribution in [-0.4, -0.2) is 20.2 Å². The van der Waals surface area contributed by atoms with Crippen molar-refractivity contribution in [2.45, 2.75) is 26.2 Å². The van der Waals surface area contributed by atoms with Gasteiger partial charge in [0.05, 0.1) is 7.11 Å². The summed E-state index contributed by atoms with van der Waals surface area (Å²) in [6, 6.07) is 5.18. The minimum atomic E-state index is -0.282. The monoisotopic (exact) mass is 225 g/mol. The summed E-state index contributed by atoms with van der Waals surface area (Å²) in [5, 5.41) is 3.27. The van der Waals surface area contributed by atoms with Gasteiger partial charge >= 0.3 is 0 Å². The van der Waals surface area contributed by atoms with Crippen molar-refractivity contribution in [1.82, 2.24) is 5.32 Å². The Labute approximate surface area is 96.8 Å². The molecule has 0 amide bonds. The van der Waals surface area contributed by atoms with Gasteiger partial charge in [-0.1, -0.05) is 19.9 Å². The van der Waals surface area contributed by atoms with Gasteiger partial charge < -0.3 is 10.1 Å². The van der Waals surface area contributed by atoms with Gasteiger partial charge in [-0.05, 0) is 43.1 Å². The van der Waals surface area contributed by atoms with E-state index in [0.29, 0.717) is 11.7 Å². The first kappa shape index (κ1) is 13.0. The molecule has 0 radical (unpaired) electrons. The Morgan fingerprint density at radius 2 is 2.19 bits per heavy atom. The van der Waals surface area contributed by atoms with E-state index in [1.807, 2.05) is 6.07 Å². The molecule has 1 aromatic carbocycles. The maximum absolute atomic E-state index is 13.5. The molecule has 0 bridgehead atoms. The van der Waals surface area contributed by atoms with Crippen molar-refractivity contribution in [2.24, 2.45) is 0 Å². The average Bonchev–Trinajstić information content (AvgIpc) is 2.29. The van der Waals surface area contributed by atoms with Crippen molar-refractivity contribution >= 4 is 0 Å². The van der Waals surface area contributed by atoms with E-state index >= 15 is 0 Å². The summed E-state index contributed by atoms with van der Waals surface area (Å²) in [6.45, 7) is 6.13. The molecule has 3 heteroatoms. The molecule has 1 rings (SSSR count). The highest BCUT2D eigenvalue weighted by molar-refractivity contribution is 5.30. The van der Waals surface area contributed by atoms with Crippen LogP contribution in [-0.2, 0) is 0 Å². The van der Waals surface area contributed by atoms with E-state index in [1.165, 1.54) is 7.11 Å². The number of hydrogen-bond donors (Lipinski definition) is 1. The van der Waals surface area contributed by atoms with Crippen LogP contribution in [0.25, 0.3) is 0 Å². The van der Waals surface area contributed by atoms with E-state index in [2.05, 4.69) is 19.2 Å². The first-order chi connectivity index (χ1) is 7.69. The number of benzene rings is 1. The molecule has 0 aliphatic rings. The molecule has 0 saturated carbocycles. The Hall–Kier alpha value is -1.09. The van der Waals surface area contributed by atoms with Crippen LogP contribution in [0.4, 0.5) is 4.39 Å². The van der Waals surface area contributed by atoms with Crippen LogP contribution in [0, 0.1) is 5.82 Å². The van der Waals surface area contributed by atoms with Gasteiger partial charge in [0, 0.05) is 0 Å². The lowest BCUT2D eigenvalue weighted by atomic mass is 9.97. The summed E-state index contributed by atoms with van der Waals surface area (Å²) in [5.41, 5.74) is 1.02. The number of halogens is 1. The van der Waals surface area contributed by atoms with Gasteiger partial charge in [0.25, 0.3) is 0 Å². The smallest absolute Gasteiger partial charge is 0.165 e. The van der Waals surface area contributed by atoms with Crippen molar-refractivity contribution < 1.29 is 9.13 Å². The Morgan fingerprint density at radius 3 is 2.75 bits per heavy atom. The highest BCUT2D eigenvalue weighted by Gasteiger charge is 2.09. The van der Waals surface area contributed by atoms with Gasteiger partial charge in [-0.3, -0.25) is 0 Å². The van der Waals surface area contributed by atoms with Gasteiger partial charge in [-0.25, -0.2) is 4.39 Å². The number of rotatable bonds is 6. The van der Waals surface area contributed by atoms with Crippen molar-refractivity contribution in [3.05, 3.63) is 29.6 Å². The van der Waals surface area contributed by atoms with E-state index in [4.69, 9.17) is 4.74 Å². The topological polar surface area (TPSA) is 21.3 Å². The quantitative estimate of drug-likeness (QED) is 0.752. The van der Waals surface area contributed by atoms with Crippen molar-refractivity contribution in [2.75, 3.05) is 20.2 Å². The molecule has 1 N–H and O–H groups in total. The SMILES string of the molecule is CCNCCC(C)c1ccc(OC)c(F)c1. The summed E-state index contributed by atoms with van der Waals surface area (Å²) >= 11 is 0. The van der Waals surface area contributed by atoms with Crippen LogP contribution in [0.1, 0.15) is 31.7 Å². The van der Waals surface area contributed by atoms with Crippen molar-refractivity contribution in [3.8, 4) is 5.75 Å². The summed E-state index contributed by atoms with van der Waals surface area (Å²) in [6.07, 6.45) is 1.01. The second-order valence-corrected chi connectivity index (χ2v) is 3.94. The normalized spacial score (nSPS) is 12.5. The molecule has 1 aromatic rings. The zero-order chi connectivity index (χ0) is 12.0. The van der Waals surface area contributed by atoms with Crippen LogP contribution >= 0.6 is 0 Å². The predicted octanol–water partition coefficient (Wildman–Crippen LogP) is 2.94. The third-order valence-electron chi connectivity index (χ3n) is 2.75. The summed E-state index contributed by atoms with van der Waals surface area (Å²) in [7, 11) is 1.48. The van der Waals surface area contributed by atoms with Gasteiger partial charge in [-0.15, -0.1) is 0 Å². The lowest BCUT2D eigenvalue weighted by Gasteiger charge is -2.13. The minimum Gasteiger partial charge on any atom is -0.494 e. The zero-order valence-corrected chi connectivity index (χ0v) is 10.2. The lowest BCUT2D eigenvalue weighted by molar-refractivity contribution is 0.386. The fourth-order valence-corrected chi connectivity index (χ4v) is 1.65. The highest BCUT2D eigenvalue weighted by atomic mass is 19.1.